The molecule has 0 fully saturated rings. The highest BCUT2D eigenvalue weighted by molar-refractivity contribution is 5.90. The van der Waals surface area contributed by atoms with Gasteiger partial charge in [0.25, 0.3) is 0 Å². The number of hydrogen-bond donors (Lipinski definition) is 1. The molecule has 0 rings (SSSR count). The smallest absolute Gasteiger partial charge is 0.306 e. The number of hydrogen-bond acceptors (Lipinski definition) is 6. The van der Waals surface area contributed by atoms with Crippen molar-refractivity contribution in [2.24, 2.45) is 5.92 Å². The summed E-state index contributed by atoms with van der Waals surface area (Å²) in [4.78, 5) is 36.0. The van der Waals surface area contributed by atoms with Crippen LogP contribution in [0.15, 0.2) is 48.6 Å². The molecule has 0 amide bonds. The molecule has 0 aliphatic carbocycles. The van der Waals surface area contributed by atoms with Crippen LogP contribution >= 0.6 is 0 Å². The summed E-state index contributed by atoms with van der Waals surface area (Å²) >= 11 is 0. The SMILES string of the molecule is CCCCC/C=C\C/C=C\C/C=C\C=C\C(=O)CCCC(=O)O[C@@H](CO)COC(=O)CCCCCCCCC(C)C. The van der Waals surface area contributed by atoms with Gasteiger partial charge in [-0.3, -0.25) is 14.4 Å². The van der Waals surface area contributed by atoms with Gasteiger partial charge < -0.3 is 14.6 Å². The van der Waals surface area contributed by atoms with E-state index in [1.807, 2.05) is 12.2 Å². The van der Waals surface area contributed by atoms with E-state index >= 15 is 0 Å². The van der Waals surface area contributed by atoms with Crippen LogP contribution in [0.25, 0.3) is 0 Å². The highest BCUT2D eigenvalue weighted by Crippen LogP contribution is 2.12. The number of rotatable bonds is 27. The number of esters is 2. The Balaban J connectivity index is 3.88. The Labute approximate surface area is 250 Å². The molecule has 0 bridgehead atoms. The van der Waals surface area contributed by atoms with Gasteiger partial charge >= 0.3 is 11.9 Å². The molecular weight excluding hydrogens is 516 g/mol. The number of unbranched alkanes of at least 4 members (excludes halogenated alkanes) is 8. The third kappa shape index (κ3) is 28.8. The maximum atomic E-state index is 12.1. The van der Waals surface area contributed by atoms with Crippen LogP contribution in [0.1, 0.15) is 130 Å². The van der Waals surface area contributed by atoms with Gasteiger partial charge in [0.15, 0.2) is 11.9 Å². The Hall–Kier alpha value is -2.47. The lowest BCUT2D eigenvalue weighted by Gasteiger charge is -2.15. The van der Waals surface area contributed by atoms with E-state index in [9.17, 15) is 19.5 Å². The van der Waals surface area contributed by atoms with Gasteiger partial charge in [0.05, 0.1) is 6.61 Å². The number of allylic oxidation sites excluding steroid dienone is 8. The molecule has 1 N–H and O–H groups in total. The summed E-state index contributed by atoms with van der Waals surface area (Å²) in [7, 11) is 0. The van der Waals surface area contributed by atoms with E-state index in [1.165, 1.54) is 51.0 Å². The van der Waals surface area contributed by atoms with Crippen LogP contribution in [0.3, 0.4) is 0 Å². The Morgan fingerprint density at radius 3 is 2.07 bits per heavy atom. The standard InChI is InChI=1S/C35H58O6/c1-4-5-6-7-8-9-10-11-12-13-14-18-21-25-32(37)26-23-28-35(39)41-33(29-36)30-40-34(38)27-22-19-16-15-17-20-24-31(2)3/h8-9,11-12,14,18,21,25,31,33,36H,4-7,10,13,15-17,19-20,22-24,26-30H2,1-3H3/b9-8-,12-11-,18-14-,25-21+/t33-/m0/s1. The van der Waals surface area contributed by atoms with Crippen molar-refractivity contribution in [1.82, 2.24) is 0 Å². The minimum absolute atomic E-state index is 0.0607. The van der Waals surface area contributed by atoms with Crippen molar-refractivity contribution in [3.8, 4) is 0 Å². The molecule has 234 valence electrons. The summed E-state index contributed by atoms with van der Waals surface area (Å²) in [6.45, 7) is 6.11. The lowest BCUT2D eigenvalue weighted by molar-refractivity contribution is -0.161. The summed E-state index contributed by atoms with van der Waals surface area (Å²) < 4.78 is 10.4. The lowest BCUT2D eigenvalue weighted by atomic mass is 10.0. The van der Waals surface area contributed by atoms with Crippen LogP contribution in [0.5, 0.6) is 0 Å². The van der Waals surface area contributed by atoms with E-state index in [-0.39, 0.29) is 31.2 Å². The molecule has 0 unspecified atom stereocenters. The van der Waals surface area contributed by atoms with Crippen molar-refractivity contribution in [1.29, 1.82) is 0 Å². The van der Waals surface area contributed by atoms with E-state index in [1.54, 1.807) is 6.08 Å². The molecule has 6 nitrogen and oxygen atoms in total. The number of aliphatic hydroxyl groups excluding tert-OH is 1. The Morgan fingerprint density at radius 1 is 0.707 bits per heavy atom. The van der Waals surface area contributed by atoms with Crippen LogP contribution < -0.4 is 0 Å². The second-order valence-corrected chi connectivity index (χ2v) is 11.0. The first-order valence-corrected chi connectivity index (χ1v) is 16.0. The van der Waals surface area contributed by atoms with Gasteiger partial charge in [-0.15, -0.1) is 0 Å². The minimum atomic E-state index is -0.885. The Morgan fingerprint density at radius 2 is 1.37 bits per heavy atom. The summed E-state index contributed by atoms with van der Waals surface area (Å²) in [5.74, 6) is -0.162. The van der Waals surface area contributed by atoms with Crippen molar-refractivity contribution < 1.29 is 29.0 Å². The largest absolute Gasteiger partial charge is 0.462 e. The first-order chi connectivity index (χ1) is 19.9. The fraction of sp³-hybridized carbons (Fsp3) is 0.686. The summed E-state index contributed by atoms with van der Waals surface area (Å²) in [5.41, 5.74) is 0. The number of carbonyl (C=O) groups excluding carboxylic acids is 3. The van der Waals surface area contributed by atoms with Crippen molar-refractivity contribution in [3.63, 3.8) is 0 Å². The average Bonchev–Trinajstić information content (AvgIpc) is 2.94. The molecule has 0 saturated heterocycles. The van der Waals surface area contributed by atoms with Gasteiger partial charge in [0, 0.05) is 19.3 Å². The van der Waals surface area contributed by atoms with Gasteiger partial charge in [-0.25, -0.2) is 0 Å². The number of carbonyl (C=O) groups is 3. The second kappa shape index (κ2) is 29.0. The van der Waals surface area contributed by atoms with Crippen molar-refractivity contribution in [2.45, 2.75) is 136 Å². The summed E-state index contributed by atoms with van der Waals surface area (Å²) in [6, 6.07) is 0. The highest BCUT2D eigenvalue weighted by atomic mass is 16.6. The predicted molar refractivity (Wildman–Crippen MR) is 168 cm³/mol. The maximum absolute atomic E-state index is 12.1. The van der Waals surface area contributed by atoms with Crippen molar-refractivity contribution >= 4 is 17.7 Å². The van der Waals surface area contributed by atoms with Crippen LogP contribution in [0.2, 0.25) is 0 Å². The average molecular weight is 575 g/mol. The van der Waals surface area contributed by atoms with Gasteiger partial charge in [-0.2, -0.15) is 0 Å². The van der Waals surface area contributed by atoms with E-state index in [0.717, 1.165) is 44.4 Å². The molecular formula is C35H58O6. The van der Waals surface area contributed by atoms with Crippen molar-refractivity contribution in [2.75, 3.05) is 13.2 Å². The zero-order valence-electron chi connectivity index (χ0n) is 26.2. The lowest BCUT2D eigenvalue weighted by Crippen LogP contribution is -2.28. The maximum Gasteiger partial charge on any atom is 0.306 e. The van der Waals surface area contributed by atoms with Gasteiger partial charge in [0.1, 0.15) is 6.61 Å². The van der Waals surface area contributed by atoms with E-state index in [4.69, 9.17) is 9.47 Å². The van der Waals surface area contributed by atoms with Crippen LogP contribution in [0, 0.1) is 5.92 Å². The van der Waals surface area contributed by atoms with E-state index in [2.05, 4.69) is 45.1 Å². The second-order valence-electron chi connectivity index (χ2n) is 11.0. The number of ketones is 1. The molecule has 1 atom stereocenters. The zero-order chi connectivity index (χ0) is 30.4. The first kappa shape index (κ1) is 38.5. The predicted octanol–water partition coefficient (Wildman–Crippen LogP) is 8.54. The molecule has 0 spiro atoms. The molecule has 0 aromatic rings. The number of aliphatic hydroxyl groups is 1. The van der Waals surface area contributed by atoms with Gasteiger partial charge in [0.2, 0.25) is 0 Å². The van der Waals surface area contributed by atoms with Gasteiger partial charge in [-0.1, -0.05) is 115 Å². The molecule has 0 radical (unpaired) electrons. The minimum Gasteiger partial charge on any atom is -0.462 e. The Kier molecular flexibility index (Phi) is 27.3. The normalized spacial score (nSPS) is 12.8. The Bertz CT molecular complexity index is 778. The van der Waals surface area contributed by atoms with Crippen molar-refractivity contribution in [3.05, 3.63) is 48.6 Å². The van der Waals surface area contributed by atoms with Crippen LogP contribution in [0.4, 0.5) is 0 Å². The van der Waals surface area contributed by atoms with Gasteiger partial charge in [-0.05, 0) is 50.5 Å². The fourth-order valence-corrected chi connectivity index (χ4v) is 4.04. The van der Waals surface area contributed by atoms with E-state index < -0.39 is 18.7 Å². The van der Waals surface area contributed by atoms with Crippen LogP contribution in [-0.4, -0.2) is 42.1 Å². The molecule has 0 aromatic carbocycles. The zero-order valence-corrected chi connectivity index (χ0v) is 26.2. The monoisotopic (exact) mass is 574 g/mol. The van der Waals surface area contributed by atoms with Crippen LogP contribution in [-0.2, 0) is 23.9 Å². The number of ether oxygens (including phenoxy) is 2. The molecule has 0 aliphatic heterocycles. The molecule has 0 saturated carbocycles. The summed E-state index contributed by atoms with van der Waals surface area (Å²) in [6.07, 6.45) is 30.4. The third-order valence-electron chi connectivity index (χ3n) is 6.53. The molecule has 0 heterocycles. The fourth-order valence-electron chi connectivity index (χ4n) is 4.04. The van der Waals surface area contributed by atoms with E-state index in [0.29, 0.717) is 12.8 Å². The molecule has 41 heavy (non-hydrogen) atoms. The molecule has 0 aromatic heterocycles. The first-order valence-electron chi connectivity index (χ1n) is 16.0. The third-order valence-corrected chi connectivity index (χ3v) is 6.53. The quantitative estimate of drug-likeness (QED) is 0.0348. The topological polar surface area (TPSA) is 89.9 Å². The highest BCUT2D eigenvalue weighted by Gasteiger charge is 2.16. The molecule has 6 heteroatoms. The molecule has 0 aliphatic rings. The summed E-state index contributed by atoms with van der Waals surface area (Å²) in [5, 5.41) is 9.46.